The summed E-state index contributed by atoms with van der Waals surface area (Å²) in [4.78, 5) is 0. The lowest BCUT2D eigenvalue weighted by Crippen LogP contribution is -1.94. The van der Waals surface area contributed by atoms with Crippen LogP contribution in [0.25, 0.3) is 0 Å². The molecule has 44 valence electrons. The van der Waals surface area contributed by atoms with Crippen LogP contribution >= 0.6 is 0 Å². The Morgan fingerprint density at radius 2 is 2.00 bits per heavy atom. The zero-order chi connectivity index (χ0) is 5.56. The second kappa shape index (κ2) is 1.35. The molecule has 0 N–H and O–H groups in total. The summed E-state index contributed by atoms with van der Waals surface area (Å²) in [5.74, 6) is 2.52. The van der Waals surface area contributed by atoms with Gasteiger partial charge in [-0.15, -0.1) is 6.58 Å². The summed E-state index contributed by atoms with van der Waals surface area (Å²) in [6, 6.07) is 0. The highest BCUT2D eigenvalue weighted by Gasteiger charge is 2.51. The van der Waals surface area contributed by atoms with Crippen molar-refractivity contribution >= 4 is 0 Å². The zero-order valence-electron chi connectivity index (χ0n) is 4.84. The fourth-order valence-electron chi connectivity index (χ4n) is 1.63. The van der Waals surface area contributed by atoms with Gasteiger partial charge in [-0.2, -0.15) is 0 Å². The van der Waals surface area contributed by atoms with E-state index < -0.39 is 0 Å². The van der Waals surface area contributed by atoms with E-state index >= 15 is 0 Å². The quantitative estimate of drug-likeness (QED) is 0.459. The second-order valence-corrected chi connectivity index (χ2v) is 2.68. The predicted molar refractivity (Wildman–Crippen MR) is 31.5 cm³/mol. The van der Waals surface area contributed by atoms with Crippen molar-refractivity contribution in [3.05, 3.63) is 12.7 Å². The maximum atomic E-state index is 5.19. The lowest BCUT2D eigenvalue weighted by molar-refractivity contribution is 0.157. The van der Waals surface area contributed by atoms with E-state index in [0.29, 0.717) is 0 Å². The molecule has 0 spiro atoms. The Hall–Kier alpha value is -0.300. The molecule has 1 aliphatic heterocycles. The van der Waals surface area contributed by atoms with Crippen LogP contribution in [0.5, 0.6) is 0 Å². The standard InChI is InChI=1S/C7H10O/c1-2-5-6-3-8-4-7(5)6/h2,5-7H,1,3-4H2/t5-,6-,7+. The highest BCUT2D eigenvalue weighted by atomic mass is 16.5. The maximum absolute atomic E-state index is 5.19. The van der Waals surface area contributed by atoms with E-state index in [9.17, 15) is 0 Å². The minimum atomic E-state index is 0.809. The molecule has 2 aliphatic rings. The molecule has 3 atom stereocenters. The molecule has 0 bridgehead atoms. The van der Waals surface area contributed by atoms with Crippen LogP contribution in [0, 0.1) is 17.8 Å². The van der Waals surface area contributed by atoms with E-state index in [1.54, 1.807) is 0 Å². The third-order valence-electron chi connectivity index (χ3n) is 2.29. The molecule has 0 aromatic rings. The lowest BCUT2D eigenvalue weighted by Gasteiger charge is -1.94. The number of allylic oxidation sites excluding steroid dienone is 1. The summed E-state index contributed by atoms with van der Waals surface area (Å²) >= 11 is 0. The molecule has 1 heterocycles. The van der Waals surface area contributed by atoms with Crippen LogP contribution in [0.2, 0.25) is 0 Å². The summed E-state index contributed by atoms with van der Waals surface area (Å²) < 4.78 is 5.19. The van der Waals surface area contributed by atoms with Gasteiger partial charge in [0.15, 0.2) is 0 Å². The Morgan fingerprint density at radius 3 is 2.38 bits per heavy atom. The minimum Gasteiger partial charge on any atom is -0.381 e. The monoisotopic (exact) mass is 110 g/mol. The molecule has 0 unspecified atom stereocenters. The maximum Gasteiger partial charge on any atom is 0.0503 e. The summed E-state index contributed by atoms with van der Waals surface area (Å²) in [5.41, 5.74) is 0. The van der Waals surface area contributed by atoms with E-state index in [1.165, 1.54) is 0 Å². The smallest absolute Gasteiger partial charge is 0.0503 e. The Morgan fingerprint density at radius 1 is 1.38 bits per heavy atom. The molecule has 1 saturated heterocycles. The lowest BCUT2D eigenvalue weighted by atomic mass is 10.3. The van der Waals surface area contributed by atoms with Crippen molar-refractivity contribution in [2.45, 2.75) is 0 Å². The van der Waals surface area contributed by atoms with Gasteiger partial charge < -0.3 is 4.74 Å². The van der Waals surface area contributed by atoms with Crippen LogP contribution in [-0.2, 0) is 4.74 Å². The highest BCUT2D eigenvalue weighted by Crippen LogP contribution is 2.51. The van der Waals surface area contributed by atoms with Gasteiger partial charge in [0, 0.05) is 0 Å². The Bertz CT molecular complexity index is 110. The fourth-order valence-corrected chi connectivity index (χ4v) is 1.63. The van der Waals surface area contributed by atoms with Gasteiger partial charge >= 0.3 is 0 Å². The number of rotatable bonds is 1. The largest absolute Gasteiger partial charge is 0.381 e. The van der Waals surface area contributed by atoms with E-state index in [4.69, 9.17) is 4.74 Å². The molecule has 1 heteroatoms. The first kappa shape index (κ1) is 4.57. The molecule has 1 aliphatic carbocycles. The predicted octanol–water partition coefficient (Wildman–Crippen LogP) is 1.06. The zero-order valence-corrected chi connectivity index (χ0v) is 4.84. The van der Waals surface area contributed by atoms with Gasteiger partial charge in [-0.05, 0) is 17.8 Å². The summed E-state index contributed by atoms with van der Waals surface area (Å²) in [6.07, 6.45) is 2.07. The first-order valence-corrected chi connectivity index (χ1v) is 3.14. The first-order valence-electron chi connectivity index (χ1n) is 3.14. The molecular weight excluding hydrogens is 100 g/mol. The number of hydrogen-bond acceptors (Lipinski definition) is 1. The third-order valence-corrected chi connectivity index (χ3v) is 2.29. The number of hydrogen-bond donors (Lipinski definition) is 0. The highest BCUT2D eigenvalue weighted by molar-refractivity contribution is 5.08. The van der Waals surface area contributed by atoms with Gasteiger partial charge in [-0.25, -0.2) is 0 Å². The molecule has 2 rings (SSSR count). The Kier molecular flexibility index (Phi) is 0.770. The molecule has 1 nitrogen and oxygen atoms in total. The average Bonchev–Trinajstić information content (AvgIpc) is 2.22. The third kappa shape index (κ3) is 0.402. The SMILES string of the molecule is C=C[C@@H]1[C@H]2COC[C@@H]12. The average molecular weight is 110 g/mol. The van der Waals surface area contributed by atoms with Crippen LogP contribution < -0.4 is 0 Å². The molecule has 0 aromatic heterocycles. The number of fused-ring (bicyclic) bond motifs is 1. The summed E-state index contributed by atoms with van der Waals surface area (Å²) in [6.45, 7) is 5.72. The van der Waals surface area contributed by atoms with Gasteiger partial charge in [0.05, 0.1) is 13.2 Å². The summed E-state index contributed by atoms with van der Waals surface area (Å²) in [5, 5.41) is 0. The van der Waals surface area contributed by atoms with Crippen molar-refractivity contribution in [3.8, 4) is 0 Å². The van der Waals surface area contributed by atoms with E-state index in [-0.39, 0.29) is 0 Å². The van der Waals surface area contributed by atoms with E-state index in [2.05, 4.69) is 12.7 Å². The van der Waals surface area contributed by atoms with Gasteiger partial charge in [-0.1, -0.05) is 6.08 Å². The second-order valence-electron chi connectivity index (χ2n) is 2.68. The van der Waals surface area contributed by atoms with Crippen molar-refractivity contribution in [2.24, 2.45) is 17.8 Å². The van der Waals surface area contributed by atoms with Gasteiger partial charge in [-0.3, -0.25) is 0 Å². The van der Waals surface area contributed by atoms with Crippen LogP contribution in [-0.4, -0.2) is 13.2 Å². The van der Waals surface area contributed by atoms with Crippen LogP contribution in [0.15, 0.2) is 12.7 Å². The van der Waals surface area contributed by atoms with Crippen LogP contribution in [0.3, 0.4) is 0 Å². The molecule has 0 radical (unpaired) electrons. The first-order chi connectivity index (χ1) is 3.93. The molecule has 2 fully saturated rings. The van der Waals surface area contributed by atoms with Crippen molar-refractivity contribution in [1.29, 1.82) is 0 Å². The van der Waals surface area contributed by atoms with Crippen LogP contribution in [0.4, 0.5) is 0 Å². The summed E-state index contributed by atoms with van der Waals surface area (Å²) in [7, 11) is 0. The minimum absolute atomic E-state index is 0.809. The van der Waals surface area contributed by atoms with Gasteiger partial charge in [0.25, 0.3) is 0 Å². The van der Waals surface area contributed by atoms with Crippen molar-refractivity contribution in [3.63, 3.8) is 0 Å². The van der Waals surface area contributed by atoms with Crippen molar-refractivity contribution < 1.29 is 4.74 Å². The molecule has 0 aromatic carbocycles. The number of ether oxygens (including phenoxy) is 1. The van der Waals surface area contributed by atoms with Gasteiger partial charge in [0.2, 0.25) is 0 Å². The van der Waals surface area contributed by atoms with Gasteiger partial charge in [0.1, 0.15) is 0 Å². The normalized spacial score (nSPS) is 50.8. The molecular formula is C7H10O. The Balaban J connectivity index is 2.03. The van der Waals surface area contributed by atoms with Crippen molar-refractivity contribution in [1.82, 2.24) is 0 Å². The molecule has 8 heavy (non-hydrogen) atoms. The fraction of sp³-hybridized carbons (Fsp3) is 0.714. The Labute approximate surface area is 49.3 Å². The van der Waals surface area contributed by atoms with E-state index in [0.717, 1.165) is 31.0 Å². The molecule has 0 amide bonds. The topological polar surface area (TPSA) is 9.23 Å². The van der Waals surface area contributed by atoms with Crippen molar-refractivity contribution in [2.75, 3.05) is 13.2 Å². The molecule has 1 saturated carbocycles. The van der Waals surface area contributed by atoms with Crippen LogP contribution in [0.1, 0.15) is 0 Å². The van der Waals surface area contributed by atoms with E-state index in [1.807, 2.05) is 0 Å².